The summed E-state index contributed by atoms with van der Waals surface area (Å²) < 4.78 is 18.1. The molecule has 1 N–H and O–H groups in total. The molecule has 1 aliphatic carbocycles. The molecule has 2 heterocycles. The van der Waals surface area contributed by atoms with E-state index in [0.717, 1.165) is 66.4 Å². The smallest absolute Gasteiger partial charge is 0.251 e. The number of aryl methyl sites for hydroxylation is 2. The van der Waals surface area contributed by atoms with Gasteiger partial charge in [0.2, 0.25) is 5.91 Å². The predicted molar refractivity (Wildman–Crippen MR) is 165 cm³/mol. The van der Waals surface area contributed by atoms with Gasteiger partial charge in [-0.1, -0.05) is 23.7 Å². The zero-order chi connectivity index (χ0) is 29.6. The van der Waals surface area contributed by atoms with E-state index in [1.54, 1.807) is 31.9 Å². The van der Waals surface area contributed by atoms with Crippen molar-refractivity contribution < 1.29 is 19.0 Å². The van der Waals surface area contributed by atoms with Crippen molar-refractivity contribution in [3.05, 3.63) is 74.5 Å². The van der Waals surface area contributed by atoms with Crippen LogP contribution in [0.15, 0.2) is 47.3 Å². The molecule has 1 amide bonds. The van der Waals surface area contributed by atoms with Gasteiger partial charge in [-0.15, -0.1) is 0 Å². The number of methoxy groups -OCH3 is 2. The van der Waals surface area contributed by atoms with E-state index in [1.807, 2.05) is 24.3 Å². The molecule has 1 saturated carbocycles. The van der Waals surface area contributed by atoms with Gasteiger partial charge < -0.3 is 29.0 Å². The van der Waals surface area contributed by atoms with Gasteiger partial charge in [-0.3, -0.25) is 9.59 Å². The van der Waals surface area contributed by atoms with Crippen LogP contribution in [0.2, 0.25) is 5.02 Å². The number of nitrogens with zero attached hydrogens (tertiary/aromatic N) is 2. The number of amides is 1. The van der Waals surface area contributed by atoms with E-state index in [4.69, 9.17) is 25.8 Å². The molecule has 2 aromatic carbocycles. The van der Waals surface area contributed by atoms with Crippen LogP contribution in [0, 0.1) is 5.92 Å². The molecule has 0 bridgehead atoms. The van der Waals surface area contributed by atoms with E-state index in [2.05, 4.69) is 22.3 Å². The van der Waals surface area contributed by atoms with Gasteiger partial charge in [0.15, 0.2) is 0 Å². The number of hydrogen-bond acceptors (Lipinski definition) is 6. The van der Waals surface area contributed by atoms with Crippen molar-refractivity contribution in [2.24, 2.45) is 13.0 Å². The lowest BCUT2D eigenvalue weighted by atomic mass is 9.79. The Balaban J connectivity index is 1.44. The van der Waals surface area contributed by atoms with Crippen LogP contribution in [0.5, 0.6) is 5.75 Å². The van der Waals surface area contributed by atoms with E-state index in [9.17, 15) is 9.59 Å². The Kier molecular flexibility index (Phi) is 10.2. The highest BCUT2D eigenvalue weighted by Gasteiger charge is 2.40. The Bertz CT molecular complexity index is 1430. The second-order valence-corrected chi connectivity index (χ2v) is 11.9. The molecule has 1 saturated heterocycles. The number of ether oxygens (including phenoxy) is 3. The van der Waals surface area contributed by atoms with Crippen molar-refractivity contribution in [2.45, 2.75) is 50.6 Å². The van der Waals surface area contributed by atoms with Crippen molar-refractivity contribution in [2.75, 3.05) is 47.1 Å². The van der Waals surface area contributed by atoms with Crippen molar-refractivity contribution >= 4 is 28.4 Å². The Morgan fingerprint density at radius 1 is 1.02 bits per heavy atom. The molecule has 42 heavy (non-hydrogen) atoms. The Labute approximate surface area is 252 Å². The third-order valence-corrected chi connectivity index (χ3v) is 8.70. The predicted octanol–water partition coefficient (Wildman–Crippen LogP) is 4.68. The number of nitrogens with one attached hydrogen (secondary N) is 1. The topological polar surface area (TPSA) is 82.0 Å². The number of fused-ring (bicyclic) bond motifs is 1. The number of benzene rings is 2. The fraction of sp³-hybridized carbons (Fsp3) is 0.515. The molecule has 5 rings (SSSR count). The van der Waals surface area contributed by atoms with Crippen LogP contribution in [-0.4, -0.2) is 68.5 Å². The van der Waals surface area contributed by atoms with Crippen LogP contribution in [0.1, 0.15) is 48.3 Å². The van der Waals surface area contributed by atoms with Crippen LogP contribution in [0.4, 0.5) is 0 Å². The molecular weight excluding hydrogens is 554 g/mol. The number of halogens is 1. The highest BCUT2D eigenvalue weighted by molar-refractivity contribution is 6.31. The normalized spacial score (nSPS) is 18.8. The Morgan fingerprint density at radius 2 is 1.81 bits per heavy atom. The number of hydrogen-bond donors (Lipinski definition) is 1. The number of piperidine rings is 1. The quantitative estimate of drug-likeness (QED) is 0.289. The third kappa shape index (κ3) is 7.17. The number of carbonyl (C=O) groups excluding carboxylic acids is 1. The third-order valence-electron chi connectivity index (χ3n) is 8.46. The molecule has 226 valence electrons. The van der Waals surface area contributed by atoms with Crippen LogP contribution >= 0.6 is 11.6 Å². The van der Waals surface area contributed by atoms with Gasteiger partial charge in [0, 0.05) is 63.5 Å². The summed E-state index contributed by atoms with van der Waals surface area (Å²) in [7, 11) is 5.14. The van der Waals surface area contributed by atoms with E-state index >= 15 is 0 Å². The molecule has 9 heteroatoms. The standard InChI is InChI=1S/C33H42ClN3O5/c1-36-31-18-24(34)6-9-28(31)29(19-32(36)38)27-10-11-35-20-30(27)33(39)37(25-7-8-25)21-23-15-22(5-4-12-40-2)16-26(17-23)42-14-13-41-3/h6,9,15-19,25,27,30,35H,4-5,7-8,10-14,20-21H2,1-3H3/t27-,30+/m0/s1. The Hall–Kier alpha value is -2.91. The lowest BCUT2D eigenvalue weighted by molar-refractivity contribution is -0.138. The van der Waals surface area contributed by atoms with Crippen molar-refractivity contribution in [1.29, 1.82) is 0 Å². The summed E-state index contributed by atoms with van der Waals surface area (Å²) in [6.45, 7) is 3.57. The molecule has 8 nitrogen and oxygen atoms in total. The average molecular weight is 596 g/mol. The molecule has 3 aromatic rings. The molecule has 1 aliphatic heterocycles. The summed E-state index contributed by atoms with van der Waals surface area (Å²) in [5.41, 5.74) is 3.87. The van der Waals surface area contributed by atoms with Gasteiger partial charge in [-0.2, -0.15) is 0 Å². The first kappa shape index (κ1) is 30.5. The summed E-state index contributed by atoms with van der Waals surface area (Å²) in [6, 6.07) is 13.9. The van der Waals surface area contributed by atoms with E-state index < -0.39 is 0 Å². The van der Waals surface area contributed by atoms with Gasteiger partial charge in [0.25, 0.3) is 5.56 Å². The first-order valence-corrected chi connectivity index (χ1v) is 15.3. The molecule has 2 fully saturated rings. The largest absolute Gasteiger partial charge is 0.491 e. The summed E-state index contributed by atoms with van der Waals surface area (Å²) in [5, 5.41) is 5.02. The van der Waals surface area contributed by atoms with Gasteiger partial charge in [-0.25, -0.2) is 0 Å². The molecule has 1 aromatic heterocycles. The zero-order valence-electron chi connectivity index (χ0n) is 24.9. The maximum atomic E-state index is 14.4. The van der Waals surface area contributed by atoms with Crippen LogP contribution in [0.3, 0.4) is 0 Å². The summed E-state index contributed by atoms with van der Waals surface area (Å²) in [6.07, 6.45) is 4.58. The van der Waals surface area contributed by atoms with Gasteiger partial charge >= 0.3 is 0 Å². The number of rotatable bonds is 13. The minimum Gasteiger partial charge on any atom is -0.491 e. The molecule has 0 unspecified atom stereocenters. The van der Waals surface area contributed by atoms with Crippen molar-refractivity contribution in [3.8, 4) is 5.75 Å². The van der Waals surface area contributed by atoms with E-state index in [1.165, 1.54) is 5.56 Å². The maximum absolute atomic E-state index is 14.4. The lowest BCUT2D eigenvalue weighted by Crippen LogP contribution is -2.47. The van der Waals surface area contributed by atoms with E-state index in [-0.39, 0.29) is 29.3 Å². The minimum atomic E-state index is -0.271. The SMILES string of the molecule is COCCCc1cc(CN(C(=O)[C@@H]2CNCC[C@H]2c2cc(=O)n(C)c3cc(Cl)ccc23)C2CC2)cc(OCCOC)c1. The zero-order valence-corrected chi connectivity index (χ0v) is 25.6. The molecule has 0 spiro atoms. The Morgan fingerprint density at radius 3 is 2.57 bits per heavy atom. The van der Waals surface area contributed by atoms with Crippen LogP contribution in [0.25, 0.3) is 10.9 Å². The van der Waals surface area contributed by atoms with Crippen LogP contribution in [-0.2, 0) is 34.3 Å². The lowest BCUT2D eigenvalue weighted by Gasteiger charge is -2.36. The van der Waals surface area contributed by atoms with Gasteiger partial charge in [0.1, 0.15) is 12.4 Å². The van der Waals surface area contributed by atoms with Crippen molar-refractivity contribution in [3.63, 3.8) is 0 Å². The molecule has 0 radical (unpaired) electrons. The fourth-order valence-corrected chi connectivity index (χ4v) is 6.31. The second-order valence-electron chi connectivity index (χ2n) is 11.5. The van der Waals surface area contributed by atoms with Crippen LogP contribution < -0.4 is 15.6 Å². The number of aromatic nitrogens is 1. The second kappa shape index (κ2) is 14.0. The van der Waals surface area contributed by atoms with Gasteiger partial charge in [-0.05, 0) is 85.5 Å². The summed E-state index contributed by atoms with van der Waals surface area (Å²) in [4.78, 5) is 29.5. The highest BCUT2D eigenvalue weighted by atomic mass is 35.5. The molecule has 2 atom stereocenters. The summed E-state index contributed by atoms with van der Waals surface area (Å²) >= 11 is 6.31. The van der Waals surface area contributed by atoms with E-state index in [0.29, 0.717) is 37.9 Å². The first-order chi connectivity index (χ1) is 20.4. The number of carbonyl (C=O) groups is 1. The molecule has 2 aliphatic rings. The first-order valence-electron chi connectivity index (χ1n) is 14.9. The fourth-order valence-electron chi connectivity index (χ4n) is 6.14. The van der Waals surface area contributed by atoms with Crippen molar-refractivity contribution in [1.82, 2.24) is 14.8 Å². The number of pyridine rings is 1. The highest BCUT2D eigenvalue weighted by Crippen LogP contribution is 2.38. The van der Waals surface area contributed by atoms with Gasteiger partial charge in [0.05, 0.1) is 18.0 Å². The minimum absolute atomic E-state index is 0.0640. The molecular formula is C33H42ClN3O5. The average Bonchev–Trinajstić information content (AvgIpc) is 3.83. The monoisotopic (exact) mass is 595 g/mol. The maximum Gasteiger partial charge on any atom is 0.251 e. The summed E-state index contributed by atoms with van der Waals surface area (Å²) in [5.74, 6) is 0.602.